The molecule has 24 heavy (non-hydrogen) atoms. The molecule has 3 aromatic rings. The van der Waals surface area contributed by atoms with Crippen molar-refractivity contribution in [1.82, 2.24) is 9.55 Å². The van der Waals surface area contributed by atoms with E-state index in [0.717, 1.165) is 33.9 Å². The van der Waals surface area contributed by atoms with Gasteiger partial charge in [-0.25, -0.2) is 4.98 Å². The molecule has 0 fully saturated rings. The van der Waals surface area contributed by atoms with E-state index in [-0.39, 0.29) is 0 Å². The number of aromatic nitrogens is 2. The molecule has 4 rings (SSSR count). The Morgan fingerprint density at radius 2 is 1.96 bits per heavy atom. The summed E-state index contributed by atoms with van der Waals surface area (Å²) < 4.78 is 13.4. The molecule has 0 atom stereocenters. The molecule has 5 nitrogen and oxygen atoms in total. The average molecular weight is 319 g/mol. The van der Waals surface area contributed by atoms with E-state index >= 15 is 0 Å². The second-order valence-electron chi connectivity index (χ2n) is 5.85. The van der Waals surface area contributed by atoms with E-state index in [2.05, 4.69) is 29.7 Å². The number of aryl methyl sites for hydroxylation is 2. The van der Waals surface area contributed by atoms with Crippen LogP contribution < -0.4 is 9.47 Å². The molecule has 5 heteroatoms. The summed E-state index contributed by atoms with van der Waals surface area (Å²) >= 11 is 0. The monoisotopic (exact) mass is 319 g/mol. The summed E-state index contributed by atoms with van der Waals surface area (Å²) in [4.78, 5) is 4.80. The molecule has 0 aliphatic carbocycles. The summed E-state index contributed by atoms with van der Waals surface area (Å²) in [5.74, 6) is 2.34. The van der Waals surface area contributed by atoms with Crippen LogP contribution in [0.25, 0.3) is 22.4 Å². The molecule has 1 aliphatic heterocycles. The van der Waals surface area contributed by atoms with Crippen LogP contribution in [-0.2, 0) is 6.54 Å². The van der Waals surface area contributed by atoms with E-state index in [4.69, 9.17) is 19.7 Å². The lowest BCUT2D eigenvalue weighted by atomic mass is 10.1. The van der Waals surface area contributed by atoms with Crippen LogP contribution in [0.15, 0.2) is 36.4 Å². The van der Waals surface area contributed by atoms with Gasteiger partial charge in [0.25, 0.3) is 0 Å². The highest BCUT2D eigenvalue weighted by Crippen LogP contribution is 2.36. The van der Waals surface area contributed by atoms with Gasteiger partial charge in [-0.05, 0) is 13.0 Å². The number of hydrogen-bond donors (Lipinski definition) is 0. The van der Waals surface area contributed by atoms with Gasteiger partial charge in [0, 0.05) is 24.2 Å². The molecule has 0 bridgehead atoms. The van der Waals surface area contributed by atoms with Crippen molar-refractivity contribution in [2.75, 3.05) is 13.2 Å². The van der Waals surface area contributed by atoms with E-state index in [1.54, 1.807) is 0 Å². The van der Waals surface area contributed by atoms with Gasteiger partial charge in [0.2, 0.25) is 0 Å². The van der Waals surface area contributed by atoms with Crippen LogP contribution in [0.3, 0.4) is 0 Å². The third kappa shape index (κ3) is 2.46. The van der Waals surface area contributed by atoms with Gasteiger partial charge in [-0.15, -0.1) is 0 Å². The lowest BCUT2D eigenvalue weighted by molar-refractivity contribution is 0.172. The molecule has 0 saturated carbocycles. The number of ether oxygens (including phenoxy) is 2. The van der Waals surface area contributed by atoms with Crippen LogP contribution in [0, 0.1) is 18.3 Å². The fourth-order valence-corrected chi connectivity index (χ4v) is 3.05. The molecule has 0 saturated heterocycles. The van der Waals surface area contributed by atoms with Crippen molar-refractivity contribution in [3.8, 4) is 29.0 Å². The number of nitriles is 1. The first-order valence-corrected chi connectivity index (χ1v) is 8.00. The standard InChI is InChI=1S/C19H17N3O2/c1-13-4-2-5-14(10-13)19-21-15-11-17-18(24-9-8-23-17)12-16(15)22(19)7-3-6-20/h2,4-5,10-12H,3,7-9H2,1H3. The number of fused-ring (bicyclic) bond motifs is 2. The van der Waals surface area contributed by atoms with Crippen molar-refractivity contribution in [3.63, 3.8) is 0 Å². The highest BCUT2D eigenvalue weighted by atomic mass is 16.6. The normalized spacial score (nSPS) is 13.0. The van der Waals surface area contributed by atoms with Gasteiger partial charge < -0.3 is 14.0 Å². The van der Waals surface area contributed by atoms with Crippen molar-refractivity contribution >= 4 is 11.0 Å². The molecule has 2 heterocycles. The molecule has 0 spiro atoms. The number of imidazole rings is 1. The van der Waals surface area contributed by atoms with Crippen molar-refractivity contribution in [2.24, 2.45) is 0 Å². The lowest BCUT2D eigenvalue weighted by Crippen LogP contribution is -2.15. The molecule has 0 N–H and O–H groups in total. The summed E-state index contributed by atoms with van der Waals surface area (Å²) in [7, 11) is 0. The fourth-order valence-electron chi connectivity index (χ4n) is 3.05. The van der Waals surface area contributed by atoms with Crippen molar-refractivity contribution in [1.29, 1.82) is 5.26 Å². The molecule has 120 valence electrons. The minimum absolute atomic E-state index is 0.429. The zero-order valence-electron chi connectivity index (χ0n) is 13.5. The van der Waals surface area contributed by atoms with E-state index in [1.165, 1.54) is 5.56 Å². The Morgan fingerprint density at radius 1 is 1.17 bits per heavy atom. The molecular weight excluding hydrogens is 302 g/mol. The predicted molar refractivity (Wildman–Crippen MR) is 91.1 cm³/mol. The van der Waals surface area contributed by atoms with Gasteiger partial charge in [-0.2, -0.15) is 5.26 Å². The van der Waals surface area contributed by atoms with Crippen LogP contribution in [-0.4, -0.2) is 22.8 Å². The largest absolute Gasteiger partial charge is 0.486 e. The van der Waals surface area contributed by atoms with Gasteiger partial charge in [0.1, 0.15) is 19.0 Å². The Balaban J connectivity index is 1.93. The lowest BCUT2D eigenvalue weighted by Gasteiger charge is -2.18. The highest BCUT2D eigenvalue weighted by Gasteiger charge is 2.18. The minimum atomic E-state index is 0.429. The number of hydrogen-bond acceptors (Lipinski definition) is 4. The SMILES string of the molecule is Cc1cccc(-c2nc3cc4c(cc3n2CCC#N)OCCO4)c1. The summed E-state index contributed by atoms with van der Waals surface area (Å²) in [5, 5.41) is 9.01. The van der Waals surface area contributed by atoms with Crippen molar-refractivity contribution < 1.29 is 9.47 Å². The second kappa shape index (κ2) is 5.89. The molecule has 0 amide bonds. The van der Waals surface area contributed by atoms with E-state index in [0.29, 0.717) is 26.2 Å². The minimum Gasteiger partial charge on any atom is -0.486 e. The quantitative estimate of drug-likeness (QED) is 0.738. The predicted octanol–water partition coefficient (Wildman–Crippen LogP) is 3.70. The fraction of sp³-hybridized carbons (Fsp3) is 0.263. The Kier molecular flexibility index (Phi) is 3.58. The molecule has 0 radical (unpaired) electrons. The zero-order valence-corrected chi connectivity index (χ0v) is 13.5. The third-order valence-corrected chi connectivity index (χ3v) is 4.14. The topological polar surface area (TPSA) is 60.1 Å². The first-order chi connectivity index (χ1) is 11.8. The van der Waals surface area contributed by atoms with Crippen LogP contribution in [0.5, 0.6) is 11.5 Å². The molecule has 2 aromatic carbocycles. The van der Waals surface area contributed by atoms with Gasteiger partial charge in [0.05, 0.1) is 23.5 Å². The Bertz CT molecular complexity index is 953. The Hall–Kier alpha value is -3.00. The molecular formula is C19H17N3O2. The summed E-state index contributed by atoms with van der Waals surface area (Å²) in [6, 6.07) is 14.3. The van der Waals surface area contributed by atoms with Gasteiger partial charge >= 0.3 is 0 Å². The molecule has 1 aromatic heterocycles. The zero-order chi connectivity index (χ0) is 16.5. The first kappa shape index (κ1) is 14.6. The smallest absolute Gasteiger partial charge is 0.163 e. The number of benzene rings is 2. The van der Waals surface area contributed by atoms with Crippen LogP contribution in [0.2, 0.25) is 0 Å². The van der Waals surface area contributed by atoms with E-state index in [1.807, 2.05) is 24.3 Å². The Labute approximate surface area is 140 Å². The molecule has 1 aliphatic rings. The van der Waals surface area contributed by atoms with Crippen molar-refractivity contribution in [3.05, 3.63) is 42.0 Å². The maximum Gasteiger partial charge on any atom is 0.163 e. The highest BCUT2D eigenvalue weighted by molar-refractivity contribution is 5.84. The van der Waals surface area contributed by atoms with Gasteiger partial charge in [-0.3, -0.25) is 0 Å². The third-order valence-electron chi connectivity index (χ3n) is 4.14. The Morgan fingerprint density at radius 3 is 2.71 bits per heavy atom. The second-order valence-corrected chi connectivity index (χ2v) is 5.85. The van der Waals surface area contributed by atoms with Crippen LogP contribution >= 0.6 is 0 Å². The summed E-state index contributed by atoms with van der Waals surface area (Å²) in [5.41, 5.74) is 4.04. The van der Waals surface area contributed by atoms with Crippen LogP contribution in [0.1, 0.15) is 12.0 Å². The summed E-state index contributed by atoms with van der Waals surface area (Å²) in [6.07, 6.45) is 0.429. The van der Waals surface area contributed by atoms with E-state index < -0.39 is 0 Å². The maximum atomic E-state index is 9.01. The van der Waals surface area contributed by atoms with Crippen LogP contribution in [0.4, 0.5) is 0 Å². The molecule has 0 unspecified atom stereocenters. The van der Waals surface area contributed by atoms with E-state index in [9.17, 15) is 0 Å². The maximum absolute atomic E-state index is 9.01. The first-order valence-electron chi connectivity index (χ1n) is 8.00. The number of rotatable bonds is 3. The average Bonchev–Trinajstić information content (AvgIpc) is 2.95. The number of nitrogens with zero attached hydrogens (tertiary/aromatic N) is 3. The summed E-state index contributed by atoms with van der Waals surface area (Å²) in [6.45, 7) is 3.76. The van der Waals surface area contributed by atoms with Gasteiger partial charge in [-0.1, -0.05) is 23.8 Å². The van der Waals surface area contributed by atoms with Crippen molar-refractivity contribution in [2.45, 2.75) is 19.9 Å². The van der Waals surface area contributed by atoms with Gasteiger partial charge in [0.15, 0.2) is 11.5 Å².